The highest BCUT2D eigenvalue weighted by Crippen LogP contribution is 2.15. The molecule has 19 heavy (non-hydrogen) atoms. The lowest BCUT2D eigenvalue weighted by atomic mass is 10.1. The number of nitrogens with zero attached hydrogens (tertiary/aromatic N) is 3. The van der Waals surface area contributed by atoms with E-state index in [9.17, 15) is 9.59 Å². The molecule has 0 atom stereocenters. The van der Waals surface area contributed by atoms with Crippen LogP contribution in [0.25, 0.3) is 0 Å². The van der Waals surface area contributed by atoms with Gasteiger partial charge in [0.05, 0.1) is 5.56 Å². The number of carboxylic acid groups (broad SMARTS) is 1. The molecule has 0 bridgehead atoms. The fourth-order valence-electron chi connectivity index (χ4n) is 1.59. The van der Waals surface area contributed by atoms with E-state index >= 15 is 0 Å². The van der Waals surface area contributed by atoms with Gasteiger partial charge in [-0.1, -0.05) is 0 Å². The highest BCUT2D eigenvalue weighted by Gasteiger charge is 2.21. The summed E-state index contributed by atoms with van der Waals surface area (Å²) in [5.41, 5.74) is 0.407. The number of pyridine rings is 2. The Morgan fingerprint density at radius 1 is 1.16 bits per heavy atom. The lowest BCUT2D eigenvalue weighted by Gasteiger charge is -2.17. The minimum Gasteiger partial charge on any atom is -0.478 e. The number of carboxylic acids is 1. The van der Waals surface area contributed by atoms with E-state index in [4.69, 9.17) is 5.11 Å². The summed E-state index contributed by atoms with van der Waals surface area (Å²) in [6.07, 6.45) is 4.49. The average molecular weight is 257 g/mol. The average Bonchev–Trinajstić information content (AvgIpc) is 2.46. The molecule has 1 amide bonds. The van der Waals surface area contributed by atoms with Gasteiger partial charge in [0.2, 0.25) is 0 Å². The normalized spacial score (nSPS) is 9.95. The second-order valence-electron chi connectivity index (χ2n) is 3.77. The summed E-state index contributed by atoms with van der Waals surface area (Å²) in [4.78, 5) is 32.4. The van der Waals surface area contributed by atoms with Crippen LogP contribution in [0.5, 0.6) is 0 Å². The molecule has 2 heterocycles. The molecular formula is C13H11N3O3. The number of rotatable bonds is 3. The molecule has 0 saturated carbocycles. The SMILES string of the molecule is CN(C(=O)c1ncccc1C(=O)O)c1ccncc1. The Hall–Kier alpha value is -2.76. The van der Waals surface area contributed by atoms with Crippen LogP contribution in [0.2, 0.25) is 0 Å². The summed E-state index contributed by atoms with van der Waals surface area (Å²) in [5.74, 6) is -1.66. The molecular weight excluding hydrogens is 246 g/mol. The minimum atomic E-state index is -1.18. The monoisotopic (exact) mass is 257 g/mol. The van der Waals surface area contributed by atoms with Crippen LogP contribution in [-0.4, -0.2) is 34.0 Å². The Kier molecular flexibility index (Phi) is 3.51. The van der Waals surface area contributed by atoms with Crippen molar-refractivity contribution in [3.8, 4) is 0 Å². The van der Waals surface area contributed by atoms with Crippen LogP contribution in [0.4, 0.5) is 5.69 Å². The fraction of sp³-hybridized carbons (Fsp3) is 0.0769. The predicted octanol–water partition coefficient (Wildman–Crippen LogP) is 1.45. The Bertz CT molecular complexity index is 614. The third-order valence-corrected chi connectivity index (χ3v) is 2.60. The van der Waals surface area contributed by atoms with Gasteiger partial charge in [0.1, 0.15) is 5.69 Å². The van der Waals surface area contributed by atoms with Crippen molar-refractivity contribution in [2.45, 2.75) is 0 Å². The summed E-state index contributed by atoms with van der Waals surface area (Å²) in [7, 11) is 1.55. The predicted molar refractivity (Wildman–Crippen MR) is 68.2 cm³/mol. The van der Waals surface area contributed by atoms with Gasteiger partial charge in [-0.05, 0) is 24.3 Å². The Balaban J connectivity index is 2.38. The van der Waals surface area contributed by atoms with Gasteiger partial charge in [0, 0.05) is 31.3 Å². The molecule has 0 fully saturated rings. The van der Waals surface area contributed by atoms with E-state index < -0.39 is 11.9 Å². The van der Waals surface area contributed by atoms with Gasteiger partial charge in [0.15, 0.2) is 0 Å². The molecule has 96 valence electrons. The van der Waals surface area contributed by atoms with Gasteiger partial charge in [-0.25, -0.2) is 4.79 Å². The van der Waals surface area contributed by atoms with Crippen molar-refractivity contribution >= 4 is 17.6 Å². The molecule has 1 N–H and O–H groups in total. The molecule has 2 aromatic heterocycles. The highest BCUT2D eigenvalue weighted by atomic mass is 16.4. The quantitative estimate of drug-likeness (QED) is 0.899. The largest absolute Gasteiger partial charge is 0.478 e. The second-order valence-corrected chi connectivity index (χ2v) is 3.77. The molecule has 0 aliphatic rings. The van der Waals surface area contributed by atoms with E-state index in [-0.39, 0.29) is 11.3 Å². The van der Waals surface area contributed by atoms with Gasteiger partial charge >= 0.3 is 5.97 Å². The van der Waals surface area contributed by atoms with Crippen molar-refractivity contribution < 1.29 is 14.7 Å². The van der Waals surface area contributed by atoms with Crippen molar-refractivity contribution in [1.29, 1.82) is 0 Å². The van der Waals surface area contributed by atoms with Crippen LogP contribution >= 0.6 is 0 Å². The molecule has 0 aliphatic heterocycles. The number of carbonyl (C=O) groups is 2. The number of aromatic carboxylic acids is 1. The molecule has 0 saturated heterocycles. The second kappa shape index (κ2) is 5.26. The molecule has 0 radical (unpaired) electrons. The summed E-state index contributed by atoms with van der Waals surface area (Å²) in [6.45, 7) is 0. The van der Waals surface area contributed by atoms with E-state index in [0.29, 0.717) is 5.69 Å². The van der Waals surface area contributed by atoms with Gasteiger partial charge < -0.3 is 10.0 Å². The zero-order chi connectivity index (χ0) is 13.8. The number of hydrogen-bond acceptors (Lipinski definition) is 4. The van der Waals surface area contributed by atoms with Gasteiger partial charge in [0.25, 0.3) is 5.91 Å². The van der Waals surface area contributed by atoms with Crippen LogP contribution in [0.1, 0.15) is 20.8 Å². The first-order chi connectivity index (χ1) is 9.11. The molecule has 2 aromatic rings. The maximum absolute atomic E-state index is 12.3. The first-order valence-corrected chi connectivity index (χ1v) is 5.47. The van der Waals surface area contributed by atoms with Crippen molar-refractivity contribution in [2.24, 2.45) is 0 Å². The van der Waals surface area contributed by atoms with E-state index in [1.807, 2.05) is 0 Å². The maximum Gasteiger partial charge on any atom is 0.338 e. The molecule has 2 rings (SSSR count). The fourth-order valence-corrected chi connectivity index (χ4v) is 1.59. The standard InChI is InChI=1S/C13H11N3O3/c1-16(9-4-7-14-8-5-9)12(17)11-10(13(18)19)3-2-6-15-11/h2-8H,1H3,(H,18,19). The lowest BCUT2D eigenvalue weighted by Crippen LogP contribution is -2.28. The molecule has 0 unspecified atom stereocenters. The van der Waals surface area contributed by atoms with Crippen LogP contribution in [0.15, 0.2) is 42.9 Å². The number of amides is 1. The van der Waals surface area contributed by atoms with Gasteiger partial charge in [-0.15, -0.1) is 0 Å². The van der Waals surface area contributed by atoms with E-state index in [1.165, 1.54) is 23.2 Å². The molecule has 6 nitrogen and oxygen atoms in total. The summed E-state index contributed by atoms with van der Waals surface area (Å²) in [5, 5.41) is 9.05. The number of aromatic nitrogens is 2. The van der Waals surface area contributed by atoms with Crippen LogP contribution in [-0.2, 0) is 0 Å². The summed E-state index contributed by atoms with van der Waals surface area (Å²) < 4.78 is 0. The number of carbonyl (C=O) groups excluding carboxylic acids is 1. The van der Waals surface area contributed by atoms with E-state index in [0.717, 1.165) is 0 Å². The van der Waals surface area contributed by atoms with Crippen molar-refractivity contribution in [3.05, 3.63) is 54.1 Å². The smallest absolute Gasteiger partial charge is 0.338 e. The first kappa shape index (κ1) is 12.7. The summed E-state index contributed by atoms with van der Waals surface area (Å²) >= 11 is 0. The lowest BCUT2D eigenvalue weighted by molar-refractivity contribution is 0.0691. The van der Waals surface area contributed by atoms with Crippen molar-refractivity contribution in [3.63, 3.8) is 0 Å². The van der Waals surface area contributed by atoms with Crippen LogP contribution in [0, 0.1) is 0 Å². The Morgan fingerprint density at radius 3 is 2.47 bits per heavy atom. The maximum atomic E-state index is 12.3. The van der Waals surface area contributed by atoms with Crippen molar-refractivity contribution in [1.82, 2.24) is 9.97 Å². The highest BCUT2D eigenvalue weighted by molar-refractivity contribution is 6.10. The van der Waals surface area contributed by atoms with Gasteiger partial charge in [-0.3, -0.25) is 14.8 Å². The van der Waals surface area contributed by atoms with E-state index in [1.54, 1.807) is 31.6 Å². The number of hydrogen-bond donors (Lipinski definition) is 1. The third-order valence-electron chi connectivity index (χ3n) is 2.60. The topological polar surface area (TPSA) is 83.4 Å². The van der Waals surface area contributed by atoms with Gasteiger partial charge in [-0.2, -0.15) is 0 Å². The Labute approximate surface area is 109 Å². The summed E-state index contributed by atoms with van der Waals surface area (Å²) in [6, 6.07) is 6.14. The van der Waals surface area contributed by atoms with Crippen molar-refractivity contribution in [2.75, 3.05) is 11.9 Å². The van der Waals surface area contributed by atoms with E-state index in [2.05, 4.69) is 9.97 Å². The molecule has 0 aliphatic carbocycles. The van der Waals surface area contributed by atoms with Crippen LogP contribution < -0.4 is 4.90 Å². The first-order valence-electron chi connectivity index (χ1n) is 5.47. The Morgan fingerprint density at radius 2 is 1.84 bits per heavy atom. The zero-order valence-corrected chi connectivity index (χ0v) is 10.1. The minimum absolute atomic E-state index is 0.0886. The zero-order valence-electron chi connectivity index (χ0n) is 10.1. The third kappa shape index (κ3) is 2.57. The molecule has 6 heteroatoms. The number of anilines is 1. The molecule has 0 aromatic carbocycles. The molecule has 0 spiro atoms. The van der Waals surface area contributed by atoms with Crippen LogP contribution in [0.3, 0.4) is 0 Å².